The molecule has 0 aromatic rings. The van der Waals surface area contributed by atoms with Gasteiger partial charge in [0, 0.05) is 0 Å². The van der Waals surface area contributed by atoms with E-state index in [1.165, 1.54) is 25.3 Å². The molecule has 0 aliphatic carbocycles. The molecule has 0 spiro atoms. The lowest BCUT2D eigenvalue weighted by molar-refractivity contribution is 0.309. The Bertz CT molecular complexity index is 223. The molecule has 3 nitrogen and oxygen atoms in total. The van der Waals surface area contributed by atoms with Crippen molar-refractivity contribution in [2.24, 2.45) is 0 Å². The summed E-state index contributed by atoms with van der Waals surface area (Å²) in [4.78, 5) is 0. The SMILES string of the molecule is C=C(/C=C\C=C(/CF)B(O)O)OC. The lowest BCUT2D eigenvalue weighted by Gasteiger charge is -1.98. The third kappa shape index (κ3) is 5.22. The highest BCUT2D eigenvalue weighted by Crippen LogP contribution is 1.99. The number of rotatable bonds is 5. The van der Waals surface area contributed by atoms with Gasteiger partial charge in [-0.3, -0.25) is 0 Å². The molecule has 0 aliphatic rings. The predicted octanol–water partition coefficient (Wildman–Crippen LogP) is 0.611. The topological polar surface area (TPSA) is 49.7 Å². The van der Waals surface area contributed by atoms with E-state index in [9.17, 15) is 4.39 Å². The van der Waals surface area contributed by atoms with Gasteiger partial charge in [-0.25, -0.2) is 4.39 Å². The Kier molecular flexibility index (Phi) is 5.92. The maximum atomic E-state index is 12.0. The van der Waals surface area contributed by atoms with Gasteiger partial charge in [-0.2, -0.15) is 0 Å². The van der Waals surface area contributed by atoms with E-state index in [0.717, 1.165) is 0 Å². The number of hydrogen-bond donors (Lipinski definition) is 2. The summed E-state index contributed by atoms with van der Waals surface area (Å²) in [6, 6.07) is 0. The van der Waals surface area contributed by atoms with Crippen molar-refractivity contribution in [3.63, 3.8) is 0 Å². The van der Waals surface area contributed by atoms with Gasteiger partial charge in [0.25, 0.3) is 0 Å². The number of ether oxygens (including phenoxy) is 1. The van der Waals surface area contributed by atoms with Crippen LogP contribution in [0.2, 0.25) is 0 Å². The van der Waals surface area contributed by atoms with Crippen LogP contribution >= 0.6 is 0 Å². The summed E-state index contributed by atoms with van der Waals surface area (Å²) in [6.07, 6.45) is 4.17. The summed E-state index contributed by atoms with van der Waals surface area (Å²) in [5.41, 5.74) is -0.111. The van der Waals surface area contributed by atoms with E-state index in [1.54, 1.807) is 0 Å². The first-order valence-corrected chi connectivity index (χ1v) is 3.64. The molecule has 0 aromatic heterocycles. The second-order valence-corrected chi connectivity index (χ2v) is 2.28. The summed E-state index contributed by atoms with van der Waals surface area (Å²) in [5.74, 6) is 0.405. The zero-order valence-electron chi connectivity index (χ0n) is 7.40. The van der Waals surface area contributed by atoms with Crippen LogP contribution in [0.3, 0.4) is 0 Å². The minimum absolute atomic E-state index is 0.111. The maximum Gasteiger partial charge on any atom is 0.486 e. The van der Waals surface area contributed by atoms with E-state index in [1.807, 2.05) is 0 Å². The highest BCUT2D eigenvalue weighted by atomic mass is 19.1. The summed E-state index contributed by atoms with van der Waals surface area (Å²) < 4.78 is 16.7. The number of alkyl halides is 1. The second-order valence-electron chi connectivity index (χ2n) is 2.28. The quantitative estimate of drug-likeness (QED) is 0.375. The molecule has 0 aromatic carbocycles. The molecule has 0 saturated carbocycles. The lowest BCUT2D eigenvalue weighted by atomic mass is 9.80. The molecule has 72 valence electrons. The fourth-order valence-electron chi connectivity index (χ4n) is 0.547. The van der Waals surface area contributed by atoms with Crippen molar-refractivity contribution in [1.29, 1.82) is 0 Å². The number of hydrogen-bond acceptors (Lipinski definition) is 3. The van der Waals surface area contributed by atoms with Gasteiger partial charge in [0.1, 0.15) is 12.4 Å². The Morgan fingerprint density at radius 1 is 1.62 bits per heavy atom. The molecular weight excluding hydrogens is 174 g/mol. The van der Waals surface area contributed by atoms with E-state index in [2.05, 4.69) is 6.58 Å². The van der Waals surface area contributed by atoms with E-state index in [0.29, 0.717) is 5.76 Å². The molecule has 0 bridgehead atoms. The Morgan fingerprint density at radius 2 is 2.23 bits per heavy atom. The van der Waals surface area contributed by atoms with Crippen LogP contribution in [0.15, 0.2) is 36.0 Å². The normalized spacial score (nSPS) is 11.8. The largest absolute Gasteiger partial charge is 0.497 e. The average Bonchev–Trinajstić information content (AvgIpc) is 2.11. The molecule has 0 fully saturated rings. The Hall–Kier alpha value is -1.07. The smallest absolute Gasteiger partial charge is 0.486 e. The van der Waals surface area contributed by atoms with E-state index in [-0.39, 0.29) is 5.47 Å². The number of allylic oxidation sites excluding steroid dienone is 4. The Balaban J connectivity index is 4.21. The third-order valence-electron chi connectivity index (χ3n) is 1.34. The highest BCUT2D eigenvalue weighted by molar-refractivity contribution is 6.50. The fraction of sp³-hybridized carbons (Fsp3) is 0.250. The third-order valence-corrected chi connectivity index (χ3v) is 1.34. The Morgan fingerprint density at radius 3 is 2.62 bits per heavy atom. The van der Waals surface area contributed by atoms with Crippen molar-refractivity contribution in [3.05, 3.63) is 36.0 Å². The minimum atomic E-state index is -1.76. The van der Waals surface area contributed by atoms with Gasteiger partial charge in [0.15, 0.2) is 0 Å². The molecule has 0 radical (unpaired) electrons. The van der Waals surface area contributed by atoms with Crippen molar-refractivity contribution in [1.82, 2.24) is 0 Å². The number of halogens is 1. The molecule has 13 heavy (non-hydrogen) atoms. The van der Waals surface area contributed by atoms with Gasteiger partial charge in [0.2, 0.25) is 0 Å². The van der Waals surface area contributed by atoms with Gasteiger partial charge in [-0.15, -0.1) is 0 Å². The fourth-order valence-corrected chi connectivity index (χ4v) is 0.547. The van der Waals surface area contributed by atoms with Gasteiger partial charge < -0.3 is 14.8 Å². The first-order chi connectivity index (χ1) is 6.11. The van der Waals surface area contributed by atoms with Gasteiger partial charge in [0.05, 0.1) is 7.11 Å². The zero-order valence-corrected chi connectivity index (χ0v) is 7.40. The van der Waals surface area contributed by atoms with Crippen LogP contribution in [-0.2, 0) is 4.74 Å². The van der Waals surface area contributed by atoms with Gasteiger partial charge in [-0.05, 0) is 11.5 Å². The van der Waals surface area contributed by atoms with Crippen LogP contribution in [0.25, 0.3) is 0 Å². The van der Waals surface area contributed by atoms with Gasteiger partial charge >= 0.3 is 7.12 Å². The molecule has 2 N–H and O–H groups in total. The van der Waals surface area contributed by atoms with Crippen LogP contribution < -0.4 is 0 Å². The summed E-state index contributed by atoms with van der Waals surface area (Å²) in [7, 11) is -0.307. The van der Waals surface area contributed by atoms with E-state index in [4.69, 9.17) is 14.8 Å². The first kappa shape index (κ1) is 11.9. The molecule has 0 heterocycles. The van der Waals surface area contributed by atoms with Crippen LogP contribution in [0.4, 0.5) is 4.39 Å². The predicted molar refractivity (Wildman–Crippen MR) is 49.5 cm³/mol. The Labute approximate surface area is 77.0 Å². The number of methoxy groups -OCH3 is 1. The van der Waals surface area contributed by atoms with Crippen molar-refractivity contribution in [2.75, 3.05) is 13.8 Å². The van der Waals surface area contributed by atoms with Crippen LogP contribution in [0.1, 0.15) is 0 Å². The average molecular weight is 186 g/mol. The standard InChI is InChI=1S/C8H12BFO3/c1-7(13-2)4-3-5-8(6-10)9(11)12/h3-5,11-12H,1,6H2,2H3/b4-3-,8-5+. The van der Waals surface area contributed by atoms with Crippen molar-refractivity contribution in [3.8, 4) is 0 Å². The van der Waals surface area contributed by atoms with Crippen LogP contribution in [0.5, 0.6) is 0 Å². The molecule has 0 unspecified atom stereocenters. The zero-order chi connectivity index (χ0) is 10.3. The molecule has 0 atom stereocenters. The molecule has 0 amide bonds. The highest BCUT2D eigenvalue weighted by Gasteiger charge is 2.12. The maximum absolute atomic E-state index is 12.0. The van der Waals surface area contributed by atoms with Crippen molar-refractivity contribution >= 4 is 7.12 Å². The van der Waals surface area contributed by atoms with Crippen molar-refractivity contribution < 1.29 is 19.2 Å². The molecule has 0 rings (SSSR count). The second kappa shape index (κ2) is 6.45. The lowest BCUT2D eigenvalue weighted by Crippen LogP contribution is -2.16. The molecule has 5 heteroatoms. The first-order valence-electron chi connectivity index (χ1n) is 3.64. The van der Waals surface area contributed by atoms with E-state index < -0.39 is 13.8 Å². The van der Waals surface area contributed by atoms with Crippen molar-refractivity contribution in [2.45, 2.75) is 0 Å². The monoisotopic (exact) mass is 186 g/mol. The van der Waals surface area contributed by atoms with E-state index >= 15 is 0 Å². The summed E-state index contributed by atoms with van der Waals surface area (Å²) >= 11 is 0. The van der Waals surface area contributed by atoms with Gasteiger partial charge in [-0.1, -0.05) is 18.7 Å². The molecule has 0 saturated heterocycles. The van der Waals surface area contributed by atoms with Crippen LogP contribution in [-0.4, -0.2) is 31.0 Å². The molecular formula is C8H12BFO3. The summed E-state index contributed by atoms with van der Waals surface area (Å²) in [5, 5.41) is 17.2. The minimum Gasteiger partial charge on any atom is -0.497 e. The van der Waals surface area contributed by atoms with Crippen LogP contribution in [0, 0.1) is 0 Å². The molecule has 0 aliphatic heterocycles. The summed E-state index contributed by atoms with van der Waals surface area (Å²) in [6.45, 7) is 2.58.